The first-order valence-electron chi connectivity index (χ1n) is 7.80. The molecule has 1 saturated heterocycles. The second-order valence-electron chi connectivity index (χ2n) is 5.56. The van der Waals surface area contributed by atoms with Gasteiger partial charge in [0, 0.05) is 19.6 Å². The van der Waals surface area contributed by atoms with E-state index in [1.54, 1.807) is 6.92 Å². The standard InChI is InChI=1S/C15H20N4O4/c1-3-12-17-11(8-22-12)14(20)18-13(10-4-6-21-7-5-10)15-16-9(2)19-23-15/h8,10,13H,3-7H2,1-2H3,(H,18,20)/t13-/m0/s1. The largest absolute Gasteiger partial charge is 0.448 e. The van der Waals surface area contributed by atoms with E-state index in [0.29, 0.717) is 37.2 Å². The highest BCUT2D eigenvalue weighted by molar-refractivity contribution is 5.92. The molecule has 3 rings (SSSR count). The van der Waals surface area contributed by atoms with Gasteiger partial charge in [0.15, 0.2) is 17.4 Å². The number of carbonyl (C=O) groups is 1. The monoisotopic (exact) mass is 320 g/mol. The van der Waals surface area contributed by atoms with Gasteiger partial charge in [-0.2, -0.15) is 4.98 Å². The number of rotatable bonds is 5. The number of nitrogens with zero attached hydrogens (tertiary/aromatic N) is 3. The van der Waals surface area contributed by atoms with Crippen LogP contribution in [0.3, 0.4) is 0 Å². The molecule has 1 amide bonds. The SMILES string of the molecule is CCc1nc(C(=O)N[C@H](c2nc(C)no2)C2CCOCC2)co1. The van der Waals surface area contributed by atoms with Gasteiger partial charge in [0.2, 0.25) is 5.89 Å². The third kappa shape index (κ3) is 3.58. The molecule has 0 aliphatic carbocycles. The van der Waals surface area contributed by atoms with Crippen molar-refractivity contribution in [1.29, 1.82) is 0 Å². The molecule has 3 heterocycles. The molecule has 8 nitrogen and oxygen atoms in total. The summed E-state index contributed by atoms with van der Waals surface area (Å²) >= 11 is 0. The smallest absolute Gasteiger partial charge is 0.273 e. The number of hydrogen-bond donors (Lipinski definition) is 1. The lowest BCUT2D eigenvalue weighted by molar-refractivity contribution is 0.0467. The minimum atomic E-state index is -0.352. The van der Waals surface area contributed by atoms with Crippen LogP contribution in [0.5, 0.6) is 0 Å². The molecule has 1 aliphatic rings. The van der Waals surface area contributed by atoms with E-state index >= 15 is 0 Å². The van der Waals surface area contributed by atoms with Gasteiger partial charge in [-0.1, -0.05) is 12.1 Å². The predicted molar refractivity (Wildman–Crippen MR) is 78.7 cm³/mol. The zero-order valence-corrected chi connectivity index (χ0v) is 13.2. The summed E-state index contributed by atoms with van der Waals surface area (Å²) in [7, 11) is 0. The third-order valence-electron chi connectivity index (χ3n) is 3.92. The molecule has 1 atom stereocenters. The molecule has 2 aromatic heterocycles. The number of amides is 1. The van der Waals surface area contributed by atoms with E-state index in [1.807, 2.05) is 6.92 Å². The average molecular weight is 320 g/mol. The maximum atomic E-state index is 12.5. The van der Waals surface area contributed by atoms with E-state index in [2.05, 4.69) is 20.4 Å². The summed E-state index contributed by atoms with van der Waals surface area (Å²) < 4.78 is 15.9. The lowest BCUT2D eigenvalue weighted by Crippen LogP contribution is -2.36. The van der Waals surface area contributed by atoms with E-state index in [0.717, 1.165) is 12.8 Å². The number of nitrogens with one attached hydrogen (secondary N) is 1. The first-order valence-corrected chi connectivity index (χ1v) is 7.80. The lowest BCUT2D eigenvalue weighted by Gasteiger charge is -2.28. The fraction of sp³-hybridized carbons (Fsp3) is 0.600. The summed E-state index contributed by atoms with van der Waals surface area (Å²) in [4.78, 5) is 20.9. The molecule has 8 heteroatoms. The molecule has 124 valence electrons. The molecule has 0 saturated carbocycles. The molecule has 1 aliphatic heterocycles. The first-order chi connectivity index (χ1) is 11.2. The van der Waals surface area contributed by atoms with Crippen LogP contribution in [-0.4, -0.2) is 34.2 Å². The number of hydrogen-bond acceptors (Lipinski definition) is 7. The fourth-order valence-corrected chi connectivity index (χ4v) is 2.66. The summed E-state index contributed by atoms with van der Waals surface area (Å²) in [6, 6.07) is -0.352. The summed E-state index contributed by atoms with van der Waals surface area (Å²) in [6.45, 7) is 4.99. The van der Waals surface area contributed by atoms with Crippen molar-refractivity contribution < 1.29 is 18.5 Å². The van der Waals surface area contributed by atoms with Gasteiger partial charge in [-0.3, -0.25) is 4.79 Å². The van der Waals surface area contributed by atoms with Crippen molar-refractivity contribution >= 4 is 5.91 Å². The van der Waals surface area contributed by atoms with Crippen LogP contribution in [-0.2, 0) is 11.2 Å². The van der Waals surface area contributed by atoms with Gasteiger partial charge in [0.1, 0.15) is 12.3 Å². The van der Waals surface area contributed by atoms with Gasteiger partial charge >= 0.3 is 0 Å². The van der Waals surface area contributed by atoms with Crippen LogP contribution >= 0.6 is 0 Å². The number of ether oxygens (including phenoxy) is 1. The average Bonchev–Trinajstić information content (AvgIpc) is 3.22. The number of oxazole rings is 1. The molecule has 0 bridgehead atoms. The summed E-state index contributed by atoms with van der Waals surface area (Å²) in [5.41, 5.74) is 0.259. The zero-order valence-electron chi connectivity index (χ0n) is 13.2. The Balaban J connectivity index is 1.78. The van der Waals surface area contributed by atoms with Crippen LogP contribution < -0.4 is 5.32 Å². The molecule has 1 N–H and O–H groups in total. The number of aromatic nitrogens is 3. The molecular weight excluding hydrogens is 300 g/mol. The number of carbonyl (C=O) groups excluding carboxylic acids is 1. The summed E-state index contributed by atoms with van der Waals surface area (Å²) in [5.74, 6) is 1.38. The Bertz CT molecular complexity index is 660. The van der Waals surface area contributed by atoms with Crippen LogP contribution in [0.15, 0.2) is 15.2 Å². The Labute approximate surface area is 133 Å². The third-order valence-corrected chi connectivity index (χ3v) is 3.92. The highest BCUT2D eigenvalue weighted by Crippen LogP contribution is 2.29. The van der Waals surface area contributed by atoms with Gasteiger partial charge in [0.25, 0.3) is 5.91 Å². The molecule has 0 radical (unpaired) electrons. The molecular formula is C15H20N4O4. The van der Waals surface area contributed by atoms with Gasteiger partial charge in [-0.05, 0) is 25.7 Å². The summed E-state index contributed by atoms with van der Waals surface area (Å²) in [6.07, 6.45) is 3.66. The van der Waals surface area contributed by atoms with Gasteiger partial charge < -0.3 is 19.0 Å². The van der Waals surface area contributed by atoms with Crippen molar-refractivity contribution in [3.8, 4) is 0 Å². The lowest BCUT2D eigenvalue weighted by atomic mass is 9.91. The van der Waals surface area contributed by atoms with Crippen molar-refractivity contribution in [2.24, 2.45) is 5.92 Å². The van der Waals surface area contributed by atoms with Crippen molar-refractivity contribution in [3.63, 3.8) is 0 Å². The van der Waals surface area contributed by atoms with Crippen LogP contribution in [0.2, 0.25) is 0 Å². The molecule has 23 heavy (non-hydrogen) atoms. The van der Waals surface area contributed by atoms with Crippen molar-refractivity contribution in [1.82, 2.24) is 20.4 Å². The maximum absolute atomic E-state index is 12.5. The van der Waals surface area contributed by atoms with Gasteiger partial charge in [-0.25, -0.2) is 4.98 Å². The Hall–Kier alpha value is -2.22. The highest BCUT2D eigenvalue weighted by Gasteiger charge is 2.32. The van der Waals surface area contributed by atoms with Crippen LogP contribution in [0.4, 0.5) is 0 Å². The fourth-order valence-electron chi connectivity index (χ4n) is 2.66. The van der Waals surface area contributed by atoms with Crippen molar-refractivity contribution in [2.45, 2.75) is 39.2 Å². The minimum absolute atomic E-state index is 0.185. The Morgan fingerprint density at radius 2 is 2.17 bits per heavy atom. The van der Waals surface area contributed by atoms with E-state index in [9.17, 15) is 4.79 Å². The Morgan fingerprint density at radius 3 is 2.78 bits per heavy atom. The second-order valence-corrected chi connectivity index (χ2v) is 5.56. The second kappa shape index (κ2) is 6.91. The van der Waals surface area contributed by atoms with E-state index in [1.165, 1.54) is 6.26 Å². The van der Waals surface area contributed by atoms with E-state index < -0.39 is 0 Å². The Morgan fingerprint density at radius 1 is 1.39 bits per heavy atom. The van der Waals surface area contributed by atoms with Gasteiger partial charge in [0.05, 0.1) is 0 Å². The Kier molecular flexibility index (Phi) is 4.71. The predicted octanol–water partition coefficient (Wildman–Crippen LogP) is 1.83. The molecule has 0 aromatic carbocycles. The number of aryl methyl sites for hydroxylation is 2. The summed E-state index contributed by atoms with van der Waals surface area (Å²) in [5, 5.41) is 6.78. The van der Waals surface area contributed by atoms with E-state index in [4.69, 9.17) is 13.7 Å². The molecule has 2 aromatic rings. The highest BCUT2D eigenvalue weighted by atomic mass is 16.5. The minimum Gasteiger partial charge on any atom is -0.448 e. The molecule has 0 spiro atoms. The molecule has 0 unspecified atom stereocenters. The quantitative estimate of drug-likeness (QED) is 0.896. The van der Waals surface area contributed by atoms with Crippen LogP contribution in [0.1, 0.15) is 53.9 Å². The van der Waals surface area contributed by atoms with Crippen molar-refractivity contribution in [3.05, 3.63) is 29.6 Å². The van der Waals surface area contributed by atoms with Crippen molar-refractivity contribution in [2.75, 3.05) is 13.2 Å². The maximum Gasteiger partial charge on any atom is 0.273 e. The van der Waals surface area contributed by atoms with E-state index in [-0.39, 0.29) is 23.6 Å². The zero-order chi connectivity index (χ0) is 16.2. The van der Waals surface area contributed by atoms with Crippen LogP contribution in [0.25, 0.3) is 0 Å². The van der Waals surface area contributed by atoms with Gasteiger partial charge in [-0.15, -0.1) is 0 Å². The first kappa shape index (κ1) is 15.7. The van der Waals surface area contributed by atoms with Crippen LogP contribution in [0, 0.1) is 12.8 Å². The normalized spacial score (nSPS) is 17.1. The molecule has 1 fully saturated rings. The topological polar surface area (TPSA) is 103 Å².